The normalized spacial score (nSPS) is 11.9. The van der Waals surface area contributed by atoms with Gasteiger partial charge in [-0.1, -0.05) is 162 Å². The average Bonchev–Trinajstić information content (AvgIpc) is 3.14. The highest BCUT2D eigenvalue weighted by atomic mass is 16.5. The Hall–Kier alpha value is -1.14. The number of nitrogens with zero attached hydrogens (tertiary/aromatic N) is 1. The lowest BCUT2D eigenvalue weighted by Gasteiger charge is -2.27. The van der Waals surface area contributed by atoms with Crippen molar-refractivity contribution in [2.45, 2.75) is 253 Å². The van der Waals surface area contributed by atoms with E-state index < -0.39 is 5.41 Å². The molecule has 0 heterocycles. The lowest BCUT2D eigenvalue weighted by atomic mass is 9.86. The number of ether oxygens (including phenoxy) is 2. The van der Waals surface area contributed by atoms with Crippen LogP contribution in [-0.2, 0) is 19.1 Å². The quantitative estimate of drug-likeness (QED) is 0.0494. The predicted octanol–water partition coefficient (Wildman–Crippen LogP) is 13.7. The van der Waals surface area contributed by atoms with Crippen LogP contribution in [0.5, 0.6) is 0 Å². The first kappa shape index (κ1) is 51.9. The molecule has 0 saturated carbocycles. The molecule has 0 rings (SSSR count). The van der Waals surface area contributed by atoms with Gasteiger partial charge in [0.05, 0.1) is 12.0 Å². The minimum Gasteiger partial charge on any atom is -0.466 e. The van der Waals surface area contributed by atoms with Crippen LogP contribution < -0.4 is 0 Å². The van der Waals surface area contributed by atoms with Crippen LogP contribution in [0, 0.1) is 5.41 Å². The van der Waals surface area contributed by atoms with Crippen molar-refractivity contribution in [2.75, 3.05) is 32.8 Å². The van der Waals surface area contributed by atoms with Gasteiger partial charge in [0.1, 0.15) is 6.10 Å². The third-order valence-electron chi connectivity index (χ3n) is 11.1. The van der Waals surface area contributed by atoms with Crippen LogP contribution in [0.4, 0.5) is 0 Å². The van der Waals surface area contributed by atoms with Crippen molar-refractivity contribution in [2.24, 2.45) is 5.41 Å². The highest BCUT2D eigenvalue weighted by Gasteiger charge is 2.30. The summed E-state index contributed by atoms with van der Waals surface area (Å²) >= 11 is 0. The molecule has 53 heavy (non-hydrogen) atoms. The second kappa shape index (κ2) is 39.1. The van der Waals surface area contributed by atoms with E-state index in [2.05, 4.69) is 39.5 Å². The van der Waals surface area contributed by atoms with E-state index >= 15 is 0 Å². The van der Waals surface area contributed by atoms with E-state index in [0.29, 0.717) is 13.0 Å². The molecule has 0 aliphatic rings. The maximum atomic E-state index is 13.4. The lowest BCUT2D eigenvalue weighted by molar-refractivity contribution is -0.161. The van der Waals surface area contributed by atoms with E-state index in [1.54, 1.807) is 0 Å². The molecule has 0 unspecified atom stereocenters. The zero-order valence-electron chi connectivity index (χ0n) is 36.5. The van der Waals surface area contributed by atoms with Gasteiger partial charge in [-0.05, 0) is 91.1 Å². The number of hydrogen-bond acceptors (Lipinski definition) is 6. The molecule has 0 aromatic carbocycles. The zero-order valence-corrected chi connectivity index (χ0v) is 36.5. The fourth-order valence-electron chi connectivity index (χ4n) is 7.32. The Morgan fingerprint density at radius 3 is 1.45 bits per heavy atom. The fraction of sp³-hybridized carbons (Fsp3) is 0.957. The van der Waals surface area contributed by atoms with Gasteiger partial charge in [-0.2, -0.15) is 0 Å². The van der Waals surface area contributed by atoms with Gasteiger partial charge in [-0.25, -0.2) is 0 Å². The topological polar surface area (TPSA) is 76.1 Å². The second-order valence-electron chi connectivity index (χ2n) is 17.0. The minimum absolute atomic E-state index is 0.0129. The minimum atomic E-state index is -0.423. The van der Waals surface area contributed by atoms with Crippen LogP contribution in [0.25, 0.3) is 0 Å². The largest absolute Gasteiger partial charge is 0.466 e. The van der Waals surface area contributed by atoms with Gasteiger partial charge in [0.25, 0.3) is 0 Å². The van der Waals surface area contributed by atoms with E-state index in [1.165, 1.54) is 141 Å². The number of esters is 2. The van der Waals surface area contributed by atoms with E-state index in [-0.39, 0.29) is 24.6 Å². The van der Waals surface area contributed by atoms with E-state index in [1.807, 2.05) is 0 Å². The molecular formula is C47H93NO5. The molecule has 6 heteroatoms. The Morgan fingerprint density at radius 1 is 0.528 bits per heavy atom. The average molecular weight is 752 g/mol. The van der Waals surface area contributed by atoms with Crippen LogP contribution >= 0.6 is 0 Å². The summed E-state index contributed by atoms with van der Waals surface area (Å²) in [5.41, 5.74) is -0.423. The number of carbonyl (C=O) groups is 2. The van der Waals surface area contributed by atoms with Crippen molar-refractivity contribution >= 4 is 11.9 Å². The van der Waals surface area contributed by atoms with E-state index in [4.69, 9.17) is 9.47 Å². The molecule has 6 nitrogen and oxygen atoms in total. The maximum absolute atomic E-state index is 13.4. The summed E-state index contributed by atoms with van der Waals surface area (Å²) in [7, 11) is 0. The molecular weight excluding hydrogens is 659 g/mol. The van der Waals surface area contributed by atoms with Crippen LogP contribution in [-0.4, -0.2) is 60.9 Å². The van der Waals surface area contributed by atoms with Crippen LogP contribution in [0.3, 0.4) is 0 Å². The summed E-state index contributed by atoms with van der Waals surface area (Å²) in [5.74, 6) is -0.00630. The van der Waals surface area contributed by atoms with Gasteiger partial charge in [0.2, 0.25) is 0 Å². The molecule has 0 aromatic rings. The summed E-state index contributed by atoms with van der Waals surface area (Å²) < 4.78 is 11.7. The molecule has 0 fully saturated rings. The van der Waals surface area contributed by atoms with Crippen LogP contribution in [0.15, 0.2) is 0 Å². The van der Waals surface area contributed by atoms with Crippen molar-refractivity contribution < 1.29 is 24.2 Å². The molecule has 0 atom stereocenters. The molecule has 316 valence electrons. The SMILES string of the molecule is CCCCCCCCC(CCCCCCCC)OC(=O)C(C)(C)CCCCCCN(CCCO)CCCCCCCCCOC(=O)CCCCCCC. The van der Waals surface area contributed by atoms with Crippen molar-refractivity contribution in [3.63, 3.8) is 0 Å². The van der Waals surface area contributed by atoms with Crippen LogP contribution in [0.2, 0.25) is 0 Å². The molecule has 0 radical (unpaired) electrons. The summed E-state index contributed by atoms with van der Waals surface area (Å²) in [6.07, 6.45) is 38.6. The standard InChI is InChI=1S/C47H93NO5/c1-6-9-12-15-21-27-35-44(36-28-22-16-13-10-7-2)53-46(51)47(4,5)38-30-23-25-32-40-48(41-34-42-49)39-31-24-18-17-19-26-33-43-52-45(50)37-29-20-14-11-8-3/h44,49H,6-43H2,1-5H3. The van der Waals surface area contributed by atoms with Crippen molar-refractivity contribution in [1.29, 1.82) is 0 Å². The van der Waals surface area contributed by atoms with Gasteiger partial charge in [0, 0.05) is 19.6 Å². The fourth-order valence-corrected chi connectivity index (χ4v) is 7.32. The Kier molecular flexibility index (Phi) is 38.3. The number of carbonyl (C=O) groups excluding carboxylic acids is 2. The van der Waals surface area contributed by atoms with Crippen molar-refractivity contribution in [3.8, 4) is 0 Å². The Labute approximate surface area is 331 Å². The first-order valence-electron chi connectivity index (χ1n) is 23.5. The number of rotatable bonds is 42. The molecule has 0 aliphatic carbocycles. The Bertz CT molecular complexity index is 771. The maximum Gasteiger partial charge on any atom is 0.311 e. The summed E-state index contributed by atoms with van der Waals surface area (Å²) in [5, 5.41) is 9.43. The van der Waals surface area contributed by atoms with Crippen molar-refractivity contribution in [3.05, 3.63) is 0 Å². The van der Waals surface area contributed by atoms with E-state index in [9.17, 15) is 14.7 Å². The predicted molar refractivity (Wildman–Crippen MR) is 228 cm³/mol. The third kappa shape index (κ3) is 35.0. The Morgan fingerprint density at radius 2 is 0.943 bits per heavy atom. The van der Waals surface area contributed by atoms with Gasteiger partial charge >= 0.3 is 11.9 Å². The number of aliphatic hydroxyl groups is 1. The number of hydrogen-bond donors (Lipinski definition) is 1. The first-order valence-corrected chi connectivity index (χ1v) is 23.5. The highest BCUT2D eigenvalue weighted by Crippen LogP contribution is 2.28. The Balaban J connectivity index is 4.23. The van der Waals surface area contributed by atoms with E-state index in [0.717, 1.165) is 83.8 Å². The van der Waals surface area contributed by atoms with Crippen molar-refractivity contribution in [1.82, 2.24) is 4.90 Å². The molecule has 0 spiro atoms. The van der Waals surface area contributed by atoms with Gasteiger partial charge < -0.3 is 19.5 Å². The molecule has 0 amide bonds. The molecule has 0 aromatic heterocycles. The van der Waals surface area contributed by atoms with Gasteiger partial charge in [-0.15, -0.1) is 0 Å². The zero-order chi connectivity index (χ0) is 39.1. The number of unbranched alkanes of at least 4 members (excludes halogenated alkanes) is 23. The molecule has 0 saturated heterocycles. The summed E-state index contributed by atoms with van der Waals surface area (Å²) in [4.78, 5) is 27.8. The summed E-state index contributed by atoms with van der Waals surface area (Å²) in [6.45, 7) is 15.0. The second-order valence-corrected chi connectivity index (χ2v) is 17.0. The summed E-state index contributed by atoms with van der Waals surface area (Å²) in [6, 6.07) is 0. The monoisotopic (exact) mass is 752 g/mol. The third-order valence-corrected chi connectivity index (χ3v) is 11.1. The molecule has 0 aliphatic heterocycles. The molecule has 0 bridgehead atoms. The highest BCUT2D eigenvalue weighted by molar-refractivity contribution is 5.76. The first-order chi connectivity index (χ1) is 25.8. The lowest BCUT2D eigenvalue weighted by Crippen LogP contribution is -2.31. The van der Waals surface area contributed by atoms with Gasteiger partial charge in [-0.3, -0.25) is 9.59 Å². The molecule has 1 N–H and O–H groups in total. The smallest absolute Gasteiger partial charge is 0.311 e. The van der Waals surface area contributed by atoms with Gasteiger partial charge in [0.15, 0.2) is 0 Å². The van der Waals surface area contributed by atoms with Crippen LogP contribution in [0.1, 0.15) is 247 Å². The number of aliphatic hydroxyl groups excluding tert-OH is 1.